The van der Waals surface area contributed by atoms with Crippen molar-refractivity contribution in [2.24, 2.45) is 0 Å². The molecule has 1 aliphatic rings. The highest BCUT2D eigenvalue weighted by Gasteiger charge is 2.43. The van der Waals surface area contributed by atoms with Gasteiger partial charge in [-0.1, -0.05) is 30.3 Å². The smallest absolute Gasteiger partial charge is 0.408 e. The van der Waals surface area contributed by atoms with Gasteiger partial charge in [-0.15, -0.1) is 0 Å². The average molecular weight is 556 g/mol. The van der Waals surface area contributed by atoms with Crippen LogP contribution in [0.4, 0.5) is 4.79 Å². The summed E-state index contributed by atoms with van der Waals surface area (Å²) in [5.41, 5.74) is -0.00323. The first-order valence-corrected chi connectivity index (χ1v) is 13.1. The number of phenolic OH excluding ortho intramolecular Hbond substituents is 2. The summed E-state index contributed by atoms with van der Waals surface area (Å²) in [6.07, 6.45) is 1.27. The summed E-state index contributed by atoms with van der Waals surface area (Å²) in [6, 6.07) is 9.56. The van der Waals surface area contributed by atoms with Gasteiger partial charge in [0.1, 0.15) is 35.7 Å². The van der Waals surface area contributed by atoms with Gasteiger partial charge in [-0.25, -0.2) is 4.79 Å². The molecule has 2 unspecified atom stereocenters. The number of aromatic hydroxyl groups is 2. The highest BCUT2D eigenvalue weighted by Crippen LogP contribution is 2.36. The summed E-state index contributed by atoms with van der Waals surface area (Å²) in [6.45, 7) is 4.66. The molecule has 2 aromatic rings. The van der Waals surface area contributed by atoms with E-state index in [1.807, 2.05) is 0 Å². The number of esters is 1. The fourth-order valence-electron chi connectivity index (χ4n) is 4.34. The van der Waals surface area contributed by atoms with Crippen LogP contribution >= 0.6 is 0 Å². The molecule has 3 amide bonds. The molecule has 11 heteroatoms. The standard InChI is InChI=1S/C29H37N3O8/c1-29(2,3)40-28(38)31-22(16-18-12-14-20(33)15-13-18)27(37)32(19-8-7-9-19)25(21-10-5-6-11-23(21)34)26(36)30-17-24(35)39-4/h5-6,10-15,19,22,25,33-34H,7-9,16-17H2,1-4H3,(H,30,36)(H,31,38). The molecule has 216 valence electrons. The van der Waals surface area contributed by atoms with Crippen LogP contribution in [0, 0.1) is 0 Å². The summed E-state index contributed by atoms with van der Waals surface area (Å²) >= 11 is 0. The van der Waals surface area contributed by atoms with Crippen LogP contribution < -0.4 is 10.6 Å². The van der Waals surface area contributed by atoms with E-state index in [-0.39, 0.29) is 29.5 Å². The molecule has 40 heavy (non-hydrogen) atoms. The van der Waals surface area contributed by atoms with Gasteiger partial charge in [0.25, 0.3) is 0 Å². The number of hydrogen-bond donors (Lipinski definition) is 4. The predicted octanol–water partition coefficient (Wildman–Crippen LogP) is 2.95. The minimum absolute atomic E-state index is 0.0405. The van der Waals surface area contributed by atoms with E-state index in [2.05, 4.69) is 15.4 Å². The van der Waals surface area contributed by atoms with Crippen molar-refractivity contribution in [1.82, 2.24) is 15.5 Å². The van der Waals surface area contributed by atoms with Gasteiger partial charge in [0.2, 0.25) is 11.8 Å². The number of nitrogens with zero attached hydrogens (tertiary/aromatic N) is 1. The van der Waals surface area contributed by atoms with Gasteiger partial charge in [-0.05, 0) is 63.8 Å². The van der Waals surface area contributed by atoms with Crippen LogP contribution in [0.25, 0.3) is 0 Å². The Balaban J connectivity index is 2.04. The van der Waals surface area contributed by atoms with E-state index in [0.717, 1.165) is 6.42 Å². The molecule has 0 saturated heterocycles. The molecule has 1 saturated carbocycles. The summed E-state index contributed by atoms with van der Waals surface area (Å²) in [5, 5.41) is 25.6. The average Bonchev–Trinajstić information content (AvgIpc) is 2.86. The number of benzene rings is 2. The van der Waals surface area contributed by atoms with E-state index in [1.165, 1.54) is 36.3 Å². The minimum atomic E-state index is -1.30. The first-order valence-electron chi connectivity index (χ1n) is 13.1. The second-order valence-corrected chi connectivity index (χ2v) is 10.7. The summed E-state index contributed by atoms with van der Waals surface area (Å²) in [4.78, 5) is 53.9. The van der Waals surface area contributed by atoms with Gasteiger partial charge in [0, 0.05) is 18.0 Å². The van der Waals surface area contributed by atoms with Crippen LogP contribution in [-0.2, 0) is 30.3 Å². The van der Waals surface area contributed by atoms with Crippen molar-refractivity contribution in [2.45, 2.75) is 70.2 Å². The first kappa shape index (κ1) is 30.3. The maximum atomic E-state index is 14.3. The molecule has 0 heterocycles. The molecular weight excluding hydrogens is 518 g/mol. The molecule has 2 aromatic carbocycles. The second-order valence-electron chi connectivity index (χ2n) is 10.7. The SMILES string of the molecule is COC(=O)CNC(=O)C(c1ccccc1O)N(C(=O)C(Cc1ccc(O)cc1)NC(=O)OC(C)(C)C)C1CCC1. The van der Waals surface area contributed by atoms with Crippen LogP contribution in [0.3, 0.4) is 0 Å². The Labute approximate surface area is 233 Å². The monoisotopic (exact) mass is 555 g/mol. The molecule has 11 nitrogen and oxygen atoms in total. The quantitative estimate of drug-likeness (QED) is 0.326. The predicted molar refractivity (Wildman–Crippen MR) is 145 cm³/mol. The van der Waals surface area contributed by atoms with E-state index >= 15 is 0 Å². The Morgan fingerprint density at radius 2 is 1.68 bits per heavy atom. The number of rotatable bonds is 10. The zero-order valence-corrected chi connectivity index (χ0v) is 23.2. The lowest BCUT2D eigenvalue weighted by molar-refractivity contribution is -0.148. The molecule has 0 spiro atoms. The van der Waals surface area contributed by atoms with E-state index in [1.54, 1.807) is 45.0 Å². The topological polar surface area (TPSA) is 154 Å². The Bertz CT molecular complexity index is 1200. The van der Waals surface area contributed by atoms with Crippen molar-refractivity contribution in [3.8, 4) is 11.5 Å². The van der Waals surface area contributed by atoms with Gasteiger partial charge >= 0.3 is 12.1 Å². The molecule has 0 radical (unpaired) electrons. The van der Waals surface area contributed by atoms with Crippen LogP contribution in [0.15, 0.2) is 48.5 Å². The van der Waals surface area contributed by atoms with Gasteiger partial charge in [0.15, 0.2) is 0 Å². The zero-order valence-electron chi connectivity index (χ0n) is 23.2. The Morgan fingerprint density at radius 1 is 1.02 bits per heavy atom. The second kappa shape index (κ2) is 13.2. The maximum Gasteiger partial charge on any atom is 0.408 e. The molecule has 1 aliphatic carbocycles. The van der Waals surface area contributed by atoms with E-state index in [4.69, 9.17) is 4.74 Å². The fraction of sp³-hybridized carbons (Fsp3) is 0.448. The van der Waals surface area contributed by atoms with Crippen molar-refractivity contribution in [1.29, 1.82) is 0 Å². The van der Waals surface area contributed by atoms with Crippen LogP contribution in [-0.4, -0.2) is 70.3 Å². The number of amides is 3. The number of carbonyl (C=O) groups excluding carboxylic acids is 4. The largest absolute Gasteiger partial charge is 0.508 e. The van der Waals surface area contributed by atoms with Crippen molar-refractivity contribution in [3.63, 3.8) is 0 Å². The van der Waals surface area contributed by atoms with Crippen molar-refractivity contribution >= 4 is 23.9 Å². The highest BCUT2D eigenvalue weighted by atomic mass is 16.6. The third kappa shape index (κ3) is 8.11. The summed E-state index contributed by atoms with van der Waals surface area (Å²) in [5.74, 6) is -2.08. The number of carbonyl (C=O) groups is 4. The van der Waals surface area contributed by atoms with Gasteiger partial charge in [-0.2, -0.15) is 0 Å². The van der Waals surface area contributed by atoms with E-state index < -0.39 is 48.1 Å². The minimum Gasteiger partial charge on any atom is -0.508 e. The van der Waals surface area contributed by atoms with E-state index in [0.29, 0.717) is 18.4 Å². The summed E-state index contributed by atoms with van der Waals surface area (Å²) in [7, 11) is 1.19. The van der Waals surface area contributed by atoms with E-state index in [9.17, 15) is 29.4 Å². The van der Waals surface area contributed by atoms with Gasteiger partial charge < -0.3 is 35.2 Å². The Kier molecular flexibility index (Phi) is 9.98. The molecular formula is C29H37N3O8. The molecule has 0 bridgehead atoms. The van der Waals surface area contributed by atoms with Crippen molar-refractivity contribution < 1.29 is 38.9 Å². The lowest BCUT2D eigenvalue weighted by Crippen LogP contribution is -2.58. The van der Waals surface area contributed by atoms with Crippen molar-refractivity contribution in [3.05, 3.63) is 59.7 Å². The maximum absolute atomic E-state index is 14.3. The molecule has 3 rings (SSSR count). The molecule has 0 aliphatic heterocycles. The first-order chi connectivity index (χ1) is 18.9. The van der Waals surface area contributed by atoms with Crippen LogP contribution in [0.5, 0.6) is 11.5 Å². The molecule has 1 fully saturated rings. The number of alkyl carbamates (subject to hydrolysis) is 1. The third-order valence-electron chi connectivity index (χ3n) is 6.48. The number of hydrogen-bond acceptors (Lipinski definition) is 8. The molecule has 4 N–H and O–H groups in total. The van der Waals surface area contributed by atoms with Gasteiger partial charge in [-0.3, -0.25) is 14.4 Å². The van der Waals surface area contributed by atoms with Gasteiger partial charge in [0.05, 0.1) is 7.11 Å². The lowest BCUT2D eigenvalue weighted by atomic mass is 9.87. The van der Waals surface area contributed by atoms with Crippen molar-refractivity contribution in [2.75, 3.05) is 13.7 Å². The third-order valence-corrected chi connectivity index (χ3v) is 6.48. The number of methoxy groups -OCH3 is 1. The number of nitrogens with one attached hydrogen (secondary N) is 2. The normalized spacial score (nSPS) is 14.7. The number of ether oxygens (including phenoxy) is 2. The summed E-state index contributed by atoms with van der Waals surface area (Å²) < 4.78 is 10.0. The zero-order chi connectivity index (χ0) is 29.4. The Morgan fingerprint density at radius 3 is 2.23 bits per heavy atom. The van der Waals surface area contributed by atoms with Crippen LogP contribution in [0.2, 0.25) is 0 Å². The highest BCUT2D eigenvalue weighted by molar-refractivity contribution is 5.94. The molecule has 2 atom stereocenters. The Hall–Kier alpha value is -4.28. The number of phenols is 2. The fourth-order valence-corrected chi connectivity index (χ4v) is 4.34. The van der Waals surface area contributed by atoms with Crippen LogP contribution in [0.1, 0.15) is 57.2 Å². The lowest BCUT2D eigenvalue weighted by Gasteiger charge is -2.43. The molecule has 0 aromatic heterocycles. The number of para-hydroxylation sites is 1.